The highest BCUT2D eigenvalue weighted by Gasteiger charge is 2.54. The second kappa shape index (κ2) is 8.60. The molecule has 6 nitrogen and oxygen atoms in total. The molecule has 7 heteroatoms. The van der Waals surface area contributed by atoms with Gasteiger partial charge in [0.25, 0.3) is 5.91 Å². The number of likely N-dealkylation sites (tertiary alicyclic amines) is 1. The minimum absolute atomic E-state index is 0.106. The average Bonchev–Trinajstić information content (AvgIpc) is 2.69. The van der Waals surface area contributed by atoms with Crippen LogP contribution in [0.15, 0.2) is 36.5 Å². The Kier molecular flexibility index (Phi) is 6.04. The van der Waals surface area contributed by atoms with E-state index in [1.54, 1.807) is 7.05 Å². The summed E-state index contributed by atoms with van der Waals surface area (Å²) in [6, 6.07) is 10.3. The number of carbonyl (C=O) groups is 2. The maximum Gasteiger partial charge on any atom is 0.253 e. The standard InChI is InChI=1S/C24H29ClN4O2/c1-15(2)17-9-4-5-10-19(17)24(13-29(14-24)16-7-6-8-16)23(31)28-20-12-27-21(25)11-18(20)22(30)26-3/h4-5,9-12,15-16H,6-8,13-14H2,1-3H3,(H,26,30)(H,28,31). The third-order valence-corrected chi connectivity index (χ3v) is 6.87. The fourth-order valence-corrected chi connectivity index (χ4v) is 4.78. The van der Waals surface area contributed by atoms with Gasteiger partial charge in [0.1, 0.15) is 5.15 Å². The normalized spacial score (nSPS) is 18.2. The second-order valence-electron chi connectivity index (χ2n) is 8.90. The van der Waals surface area contributed by atoms with Gasteiger partial charge in [-0.05, 0) is 36.0 Å². The van der Waals surface area contributed by atoms with Crippen LogP contribution in [0.5, 0.6) is 0 Å². The van der Waals surface area contributed by atoms with Crippen molar-refractivity contribution in [3.63, 3.8) is 0 Å². The zero-order chi connectivity index (χ0) is 22.2. The van der Waals surface area contributed by atoms with Gasteiger partial charge in [0.05, 0.1) is 22.9 Å². The number of amides is 2. The van der Waals surface area contributed by atoms with Crippen molar-refractivity contribution in [2.45, 2.75) is 50.5 Å². The summed E-state index contributed by atoms with van der Waals surface area (Å²) in [6.45, 7) is 5.67. The first-order valence-corrected chi connectivity index (χ1v) is 11.3. The molecule has 1 aromatic heterocycles. The lowest BCUT2D eigenvalue weighted by Crippen LogP contribution is -2.68. The number of aromatic nitrogens is 1. The van der Waals surface area contributed by atoms with E-state index in [2.05, 4.69) is 46.5 Å². The summed E-state index contributed by atoms with van der Waals surface area (Å²) < 4.78 is 0. The highest BCUT2D eigenvalue weighted by molar-refractivity contribution is 6.30. The van der Waals surface area contributed by atoms with E-state index in [1.165, 1.54) is 37.1 Å². The SMILES string of the molecule is CNC(=O)c1cc(Cl)ncc1NC(=O)C1(c2ccccc2C(C)C)CN(C2CCC2)C1. The van der Waals surface area contributed by atoms with Crippen molar-refractivity contribution >= 4 is 29.1 Å². The lowest BCUT2D eigenvalue weighted by atomic mass is 9.68. The van der Waals surface area contributed by atoms with E-state index in [0.29, 0.717) is 36.3 Å². The van der Waals surface area contributed by atoms with Crippen LogP contribution in [0.4, 0.5) is 5.69 Å². The summed E-state index contributed by atoms with van der Waals surface area (Å²) in [5, 5.41) is 5.81. The maximum absolute atomic E-state index is 13.8. The number of hydrogen-bond acceptors (Lipinski definition) is 4. The van der Waals surface area contributed by atoms with Gasteiger partial charge >= 0.3 is 0 Å². The molecule has 2 heterocycles. The van der Waals surface area contributed by atoms with E-state index in [9.17, 15) is 9.59 Å². The summed E-state index contributed by atoms with van der Waals surface area (Å²) in [5.41, 5.74) is 2.28. The van der Waals surface area contributed by atoms with Crippen molar-refractivity contribution in [3.05, 3.63) is 58.4 Å². The van der Waals surface area contributed by atoms with Gasteiger partial charge in [0.2, 0.25) is 5.91 Å². The highest BCUT2D eigenvalue weighted by Crippen LogP contribution is 2.43. The van der Waals surface area contributed by atoms with Crippen LogP contribution in [0.2, 0.25) is 5.15 Å². The summed E-state index contributed by atoms with van der Waals surface area (Å²) in [5.74, 6) is -0.122. The van der Waals surface area contributed by atoms with Gasteiger partial charge in [-0.3, -0.25) is 14.5 Å². The molecule has 164 valence electrons. The number of nitrogens with zero attached hydrogens (tertiary/aromatic N) is 2. The first-order valence-electron chi connectivity index (χ1n) is 10.9. The molecule has 1 aliphatic carbocycles. The van der Waals surface area contributed by atoms with Crippen LogP contribution in [0.25, 0.3) is 0 Å². The number of rotatable bonds is 6. The van der Waals surface area contributed by atoms with Gasteiger partial charge in [-0.1, -0.05) is 56.1 Å². The zero-order valence-electron chi connectivity index (χ0n) is 18.2. The number of benzene rings is 1. The van der Waals surface area contributed by atoms with Crippen molar-refractivity contribution in [3.8, 4) is 0 Å². The number of nitrogens with one attached hydrogen (secondary N) is 2. The van der Waals surface area contributed by atoms with Crippen molar-refractivity contribution in [1.82, 2.24) is 15.2 Å². The Morgan fingerprint density at radius 3 is 2.55 bits per heavy atom. The molecule has 1 aromatic carbocycles. The van der Waals surface area contributed by atoms with Gasteiger partial charge in [-0.15, -0.1) is 0 Å². The van der Waals surface area contributed by atoms with Crippen molar-refractivity contribution in [2.24, 2.45) is 0 Å². The molecule has 0 unspecified atom stereocenters. The van der Waals surface area contributed by atoms with Crippen LogP contribution >= 0.6 is 11.6 Å². The highest BCUT2D eigenvalue weighted by atomic mass is 35.5. The van der Waals surface area contributed by atoms with E-state index in [0.717, 1.165) is 5.56 Å². The first kappa shape index (κ1) is 21.8. The van der Waals surface area contributed by atoms with Gasteiger partial charge in [-0.2, -0.15) is 0 Å². The van der Waals surface area contributed by atoms with Crippen LogP contribution in [-0.4, -0.2) is 47.9 Å². The molecule has 2 fully saturated rings. The number of carbonyl (C=O) groups excluding carboxylic acids is 2. The Labute approximate surface area is 188 Å². The predicted octanol–water partition coefficient (Wildman–Crippen LogP) is 3.96. The van der Waals surface area contributed by atoms with Crippen LogP contribution < -0.4 is 10.6 Å². The molecule has 2 amide bonds. The largest absolute Gasteiger partial charge is 0.355 e. The second-order valence-corrected chi connectivity index (χ2v) is 9.29. The van der Waals surface area contributed by atoms with Gasteiger partial charge < -0.3 is 10.6 Å². The summed E-state index contributed by atoms with van der Waals surface area (Å²) in [4.78, 5) is 32.6. The minimum atomic E-state index is -0.657. The maximum atomic E-state index is 13.8. The van der Waals surface area contributed by atoms with Crippen LogP contribution in [0.1, 0.15) is 60.5 Å². The molecule has 31 heavy (non-hydrogen) atoms. The molecule has 1 saturated heterocycles. The van der Waals surface area contributed by atoms with E-state index >= 15 is 0 Å². The number of anilines is 1. The van der Waals surface area contributed by atoms with Gasteiger partial charge in [0.15, 0.2) is 0 Å². The number of pyridine rings is 1. The third-order valence-electron chi connectivity index (χ3n) is 6.66. The van der Waals surface area contributed by atoms with Crippen molar-refractivity contribution in [2.75, 3.05) is 25.5 Å². The Hall–Kier alpha value is -2.44. The number of halogens is 1. The molecule has 0 spiro atoms. The van der Waals surface area contributed by atoms with Crippen LogP contribution in [0, 0.1) is 0 Å². The molecule has 2 aromatic rings. The fourth-order valence-electron chi connectivity index (χ4n) is 4.62. The number of hydrogen-bond donors (Lipinski definition) is 2. The monoisotopic (exact) mass is 440 g/mol. The molecule has 2 N–H and O–H groups in total. The van der Waals surface area contributed by atoms with Crippen molar-refractivity contribution in [1.29, 1.82) is 0 Å². The summed E-state index contributed by atoms with van der Waals surface area (Å²) >= 11 is 6.00. The average molecular weight is 441 g/mol. The van der Waals surface area contributed by atoms with Gasteiger partial charge in [0, 0.05) is 26.2 Å². The van der Waals surface area contributed by atoms with E-state index in [4.69, 9.17) is 11.6 Å². The molecule has 1 aliphatic heterocycles. The molecule has 0 radical (unpaired) electrons. The molecule has 4 rings (SSSR count). The molecule has 2 aliphatic rings. The Balaban J connectivity index is 1.69. The smallest absolute Gasteiger partial charge is 0.253 e. The Morgan fingerprint density at radius 2 is 1.94 bits per heavy atom. The first-order chi connectivity index (χ1) is 14.9. The van der Waals surface area contributed by atoms with E-state index in [1.807, 2.05) is 12.1 Å². The topological polar surface area (TPSA) is 74.3 Å². The molecular weight excluding hydrogens is 412 g/mol. The molecule has 0 atom stereocenters. The van der Waals surface area contributed by atoms with Crippen LogP contribution in [0.3, 0.4) is 0 Å². The summed E-state index contributed by atoms with van der Waals surface area (Å²) in [6.07, 6.45) is 5.11. The Bertz CT molecular complexity index is 997. The van der Waals surface area contributed by atoms with Crippen molar-refractivity contribution < 1.29 is 9.59 Å². The van der Waals surface area contributed by atoms with Crippen LogP contribution in [-0.2, 0) is 10.2 Å². The lowest BCUT2D eigenvalue weighted by molar-refractivity contribution is -0.131. The Morgan fingerprint density at radius 1 is 1.23 bits per heavy atom. The molecule has 0 bridgehead atoms. The summed E-state index contributed by atoms with van der Waals surface area (Å²) in [7, 11) is 1.55. The fraction of sp³-hybridized carbons (Fsp3) is 0.458. The third kappa shape index (κ3) is 3.94. The lowest BCUT2D eigenvalue weighted by Gasteiger charge is -2.55. The van der Waals surface area contributed by atoms with E-state index in [-0.39, 0.29) is 17.0 Å². The minimum Gasteiger partial charge on any atom is -0.355 e. The van der Waals surface area contributed by atoms with E-state index < -0.39 is 5.41 Å². The predicted molar refractivity (Wildman–Crippen MR) is 123 cm³/mol. The molecular formula is C24H29ClN4O2. The molecule has 1 saturated carbocycles. The quantitative estimate of drug-likeness (QED) is 0.666. The van der Waals surface area contributed by atoms with Gasteiger partial charge in [-0.25, -0.2) is 4.98 Å². The zero-order valence-corrected chi connectivity index (χ0v) is 19.0.